The molecule has 3 N–H and O–H groups in total. The lowest BCUT2D eigenvalue weighted by Gasteiger charge is -2.10. The van der Waals surface area contributed by atoms with E-state index >= 15 is 0 Å². The van der Waals surface area contributed by atoms with Crippen molar-refractivity contribution >= 4 is 10.9 Å². The summed E-state index contributed by atoms with van der Waals surface area (Å²) in [6.45, 7) is 4.75. The Labute approximate surface area is 101 Å². The number of pyridine rings is 1. The maximum atomic E-state index is 11.9. The highest BCUT2D eigenvalue weighted by atomic mass is 16.1. The summed E-state index contributed by atoms with van der Waals surface area (Å²) in [5.41, 5.74) is 8.38. The van der Waals surface area contributed by atoms with Crippen LogP contribution in [-0.4, -0.2) is 11.5 Å². The highest BCUT2D eigenvalue weighted by Gasteiger charge is 2.08. The molecule has 0 aliphatic rings. The zero-order chi connectivity index (χ0) is 12.4. The summed E-state index contributed by atoms with van der Waals surface area (Å²) in [6, 6.07) is 8.07. The summed E-state index contributed by atoms with van der Waals surface area (Å²) < 4.78 is 0. The Morgan fingerprint density at radius 1 is 1.35 bits per heavy atom. The number of nitrogens with two attached hydrogens (primary N) is 1. The quantitative estimate of drug-likeness (QED) is 0.848. The molecule has 0 saturated heterocycles. The van der Waals surface area contributed by atoms with Crippen LogP contribution in [0.15, 0.2) is 29.1 Å². The molecule has 0 atom stereocenters. The fourth-order valence-corrected chi connectivity index (χ4v) is 2.12. The van der Waals surface area contributed by atoms with Crippen molar-refractivity contribution < 1.29 is 0 Å². The number of fused-ring (bicyclic) bond motifs is 1. The molecule has 90 valence electrons. The van der Waals surface area contributed by atoms with Gasteiger partial charge in [-0.2, -0.15) is 0 Å². The number of H-pyrrole nitrogens is 1. The maximum absolute atomic E-state index is 11.9. The highest BCUT2D eigenvalue weighted by Crippen LogP contribution is 2.22. The van der Waals surface area contributed by atoms with Gasteiger partial charge in [0, 0.05) is 5.56 Å². The number of para-hydroxylation sites is 1. The molecule has 1 heterocycles. The normalized spacial score (nSPS) is 11.3. The van der Waals surface area contributed by atoms with Crippen molar-refractivity contribution in [1.29, 1.82) is 0 Å². The SMILES string of the molecule is CC(C)c1cccc2cc(CCN)c(=O)[nH]c12. The second kappa shape index (κ2) is 4.72. The molecular formula is C14H18N2O. The molecule has 0 aliphatic carbocycles. The predicted molar refractivity (Wildman–Crippen MR) is 71.4 cm³/mol. The fourth-order valence-electron chi connectivity index (χ4n) is 2.12. The molecule has 0 amide bonds. The molecule has 2 aromatic rings. The molecule has 0 aliphatic heterocycles. The van der Waals surface area contributed by atoms with E-state index in [1.165, 1.54) is 5.56 Å². The van der Waals surface area contributed by atoms with Gasteiger partial charge in [0.1, 0.15) is 0 Å². The molecule has 0 radical (unpaired) electrons. The average Bonchev–Trinajstić information content (AvgIpc) is 2.29. The lowest BCUT2D eigenvalue weighted by molar-refractivity contribution is 0.870. The zero-order valence-corrected chi connectivity index (χ0v) is 10.3. The Morgan fingerprint density at radius 3 is 2.76 bits per heavy atom. The third kappa shape index (κ3) is 2.24. The van der Waals surface area contributed by atoms with Crippen LogP contribution < -0.4 is 11.3 Å². The van der Waals surface area contributed by atoms with Gasteiger partial charge in [0.15, 0.2) is 0 Å². The second-order valence-corrected chi connectivity index (χ2v) is 4.63. The third-order valence-electron chi connectivity index (χ3n) is 3.02. The standard InChI is InChI=1S/C14H18N2O/c1-9(2)12-5-3-4-10-8-11(6-7-15)14(17)16-13(10)12/h3-5,8-9H,6-7,15H2,1-2H3,(H,16,17). The molecule has 2 rings (SSSR count). The lowest BCUT2D eigenvalue weighted by atomic mass is 9.99. The fraction of sp³-hybridized carbons (Fsp3) is 0.357. The van der Waals surface area contributed by atoms with Gasteiger partial charge in [-0.1, -0.05) is 32.0 Å². The average molecular weight is 230 g/mol. The van der Waals surface area contributed by atoms with E-state index in [-0.39, 0.29) is 5.56 Å². The molecule has 3 heteroatoms. The van der Waals surface area contributed by atoms with E-state index in [0.29, 0.717) is 18.9 Å². The summed E-state index contributed by atoms with van der Waals surface area (Å²) in [5.74, 6) is 0.398. The van der Waals surface area contributed by atoms with Crippen LogP contribution in [0.5, 0.6) is 0 Å². The van der Waals surface area contributed by atoms with Crippen molar-refractivity contribution in [2.75, 3.05) is 6.54 Å². The molecular weight excluding hydrogens is 212 g/mol. The van der Waals surface area contributed by atoms with Crippen molar-refractivity contribution in [1.82, 2.24) is 4.98 Å². The smallest absolute Gasteiger partial charge is 0.251 e. The van der Waals surface area contributed by atoms with E-state index < -0.39 is 0 Å². The summed E-state index contributed by atoms with van der Waals surface area (Å²) >= 11 is 0. The Morgan fingerprint density at radius 2 is 2.12 bits per heavy atom. The highest BCUT2D eigenvalue weighted by molar-refractivity contribution is 5.82. The van der Waals surface area contributed by atoms with Crippen molar-refractivity contribution in [3.8, 4) is 0 Å². The largest absolute Gasteiger partial charge is 0.330 e. The summed E-state index contributed by atoms with van der Waals surface area (Å²) in [7, 11) is 0. The van der Waals surface area contributed by atoms with Crippen LogP contribution in [0.4, 0.5) is 0 Å². The van der Waals surface area contributed by atoms with E-state index in [2.05, 4.69) is 24.9 Å². The Bertz CT molecular complexity index is 584. The molecule has 1 aromatic heterocycles. The van der Waals surface area contributed by atoms with Crippen molar-refractivity contribution in [3.05, 3.63) is 45.7 Å². The van der Waals surface area contributed by atoms with Gasteiger partial charge >= 0.3 is 0 Å². The molecule has 3 nitrogen and oxygen atoms in total. The van der Waals surface area contributed by atoms with Gasteiger partial charge in [-0.15, -0.1) is 0 Å². The van der Waals surface area contributed by atoms with Crippen molar-refractivity contribution in [2.24, 2.45) is 5.73 Å². The molecule has 0 saturated carbocycles. The van der Waals surface area contributed by atoms with Gasteiger partial charge in [-0.05, 0) is 35.9 Å². The number of aromatic nitrogens is 1. The molecule has 0 bridgehead atoms. The van der Waals surface area contributed by atoms with Crippen LogP contribution in [0, 0.1) is 0 Å². The van der Waals surface area contributed by atoms with Gasteiger partial charge in [0.25, 0.3) is 5.56 Å². The number of hydrogen-bond donors (Lipinski definition) is 2. The molecule has 0 spiro atoms. The first kappa shape index (κ1) is 11.9. The minimum atomic E-state index is -0.0175. The summed E-state index contributed by atoms with van der Waals surface area (Å²) in [4.78, 5) is 14.9. The summed E-state index contributed by atoms with van der Waals surface area (Å²) in [6.07, 6.45) is 0.622. The van der Waals surface area contributed by atoms with Crippen molar-refractivity contribution in [2.45, 2.75) is 26.2 Å². The number of aromatic amines is 1. The van der Waals surface area contributed by atoms with E-state index in [4.69, 9.17) is 5.73 Å². The zero-order valence-electron chi connectivity index (χ0n) is 10.3. The Balaban J connectivity index is 2.69. The first-order valence-corrected chi connectivity index (χ1v) is 5.98. The molecule has 1 aromatic carbocycles. The van der Waals surface area contributed by atoms with E-state index in [9.17, 15) is 4.79 Å². The number of rotatable bonds is 3. The first-order chi connectivity index (χ1) is 8.13. The minimum Gasteiger partial charge on any atom is -0.330 e. The molecule has 0 fully saturated rings. The number of hydrogen-bond acceptors (Lipinski definition) is 2. The Kier molecular flexibility index (Phi) is 3.29. The Hall–Kier alpha value is -1.61. The van der Waals surface area contributed by atoms with Crippen LogP contribution in [0.25, 0.3) is 10.9 Å². The van der Waals surface area contributed by atoms with Gasteiger partial charge in [-0.3, -0.25) is 4.79 Å². The first-order valence-electron chi connectivity index (χ1n) is 5.98. The van der Waals surface area contributed by atoms with Crippen LogP contribution in [-0.2, 0) is 6.42 Å². The van der Waals surface area contributed by atoms with Crippen molar-refractivity contribution in [3.63, 3.8) is 0 Å². The van der Waals surface area contributed by atoms with Gasteiger partial charge < -0.3 is 10.7 Å². The number of benzene rings is 1. The minimum absolute atomic E-state index is 0.0175. The van der Waals surface area contributed by atoms with Gasteiger partial charge in [0.2, 0.25) is 0 Å². The van der Waals surface area contributed by atoms with E-state index in [0.717, 1.165) is 16.5 Å². The number of nitrogens with one attached hydrogen (secondary N) is 1. The lowest BCUT2D eigenvalue weighted by Crippen LogP contribution is -2.16. The van der Waals surface area contributed by atoms with Crippen LogP contribution in [0.2, 0.25) is 0 Å². The summed E-state index contributed by atoms with van der Waals surface area (Å²) in [5, 5.41) is 1.08. The van der Waals surface area contributed by atoms with E-state index in [1.54, 1.807) is 0 Å². The topological polar surface area (TPSA) is 58.9 Å². The third-order valence-corrected chi connectivity index (χ3v) is 3.02. The van der Waals surface area contributed by atoms with Crippen LogP contribution in [0.1, 0.15) is 30.9 Å². The van der Waals surface area contributed by atoms with E-state index in [1.807, 2.05) is 18.2 Å². The maximum Gasteiger partial charge on any atom is 0.251 e. The van der Waals surface area contributed by atoms with Crippen LogP contribution in [0.3, 0.4) is 0 Å². The van der Waals surface area contributed by atoms with Gasteiger partial charge in [-0.25, -0.2) is 0 Å². The predicted octanol–water partition coefficient (Wildman–Crippen LogP) is 2.15. The van der Waals surface area contributed by atoms with Gasteiger partial charge in [0.05, 0.1) is 5.52 Å². The monoisotopic (exact) mass is 230 g/mol. The second-order valence-electron chi connectivity index (χ2n) is 4.63. The molecule has 0 unspecified atom stereocenters. The van der Waals surface area contributed by atoms with Crippen LogP contribution >= 0.6 is 0 Å². The molecule has 17 heavy (non-hydrogen) atoms.